The van der Waals surface area contributed by atoms with Gasteiger partial charge in [-0.3, -0.25) is 0 Å². The molecular weight excluding hydrogens is 200 g/mol. The van der Waals surface area contributed by atoms with Crippen LogP contribution in [0.2, 0.25) is 0 Å². The predicted octanol–water partition coefficient (Wildman–Crippen LogP) is 0.210. The van der Waals surface area contributed by atoms with Gasteiger partial charge in [0.2, 0.25) is 10.0 Å². The van der Waals surface area contributed by atoms with Gasteiger partial charge in [0.15, 0.2) is 0 Å². The maximum atomic E-state index is 11.6. The molecule has 1 unspecified atom stereocenters. The van der Waals surface area contributed by atoms with Crippen LogP contribution in [0.15, 0.2) is 0 Å². The van der Waals surface area contributed by atoms with Crippen molar-refractivity contribution < 1.29 is 8.42 Å². The zero-order valence-electron chi connectivity index (χ0n) is 8.33. The van der Waals surface area contributed by atoms with E-state index in [1.807, 2.05) is 0 Å². The highest BCUT2D eigenvalue weighted by atomic mass is 32.2. The minimum absolute atomic E-state index is 0.167. The van der Waals surface area contributed by atoms with Crippen molar-refractivity contribution in [2.75, 3.05) is 12.3 Å². The zero-order valence-corrected chi connectivity index (χ0v) is 9.15. The van der Waals surface area contributed by atoms with E-state index in [1.165, 1.54) is 6.42 Å². The fraction of sp³-hybridized carbons (Fsp3) is 1.00. The first-order valence-electron chi connectivity index (χ1n) is 5.39. The van der Waals surface area contributed by atoms with E-state index < -0.39 is 10.0 Å². The molecule has 2 aliphatic rings. The van der Waals surface area contributed by atoms with Crippen molar-refractivity contribution in [3.63, 3.8) is 0 Å². The smallest absolute Gasteiger partial charge is 0.213 e. The Kier molecular flexibility index (Phi) is 3.09. The van der Waals surface area contributed by atoms with E-state index >= 15 is 0 Å². The summed E-state index contributed by atoms with van der Waals surface area (Å²) in [6, 6.07) is 0.406. The lowest BCUT2D eigenvalue weighted by atomic mass is 10.1. The van der Waals surface area contributed by atoms with Gasteiger partial charge in [-0.15, -0.1) is 0 Å². The molecule has 0 spiro atoms. The van der Waals surface area contributed by atoms with E-state index in [2.05, 4.69) is 10.0 Å². The summed E-state index contributed by atoms with van der Waals surface area (Å²) in [6.07, 6.45) is 5.34. The van der Waals surface area contributed by atoms with Crippen LogP contribution in [0.3, 0.4) is 0 Å². The van der Waals surface area contributed by atoms with E-state index in [-0.39, 0.29) is 17.8 Å². The second kappa shape index (κ2) is 4.16. The minimum atomic E-state index is -3.03. The lowest BCUT2D eigenvalue weighted by molar-refractivity contribution is 0.422. The van der Waals surface area contributed by atoms with E-state index in [1.54, 1.807) is 0 Å². The Morgan fingerprint density at radius 3 is 2.57 bits per heavy atom. The fourth-order valence-corrected chi connectivity index (χ4v) is 3.49. The molecule has 2 rings (SSSR count). The second-order valence-electron chi connectivity index (χ2n) is 4.32. The molecule has 4 nitrogen and oxygen atoms in total. The van der Waals surface area contributed by atoms with Crippen molar-refractivity contribution in [2.24, 2.45) is 0 Å². The lowest BCUT2D eigenvalue weighted by Gasteiger charge is -2.23. The summed E-state index contributed by atoms with van der Waals surface area (Å²) in [5.74, 6) is 0.253. The third-order valence-corrected chi connectivity index (χ3v) is 4.29. The highest BCUT2D eigenvalue weighted by Crippen LogP contribution is 2.20. The van der Waals surface area contributed by atoms with E-state index in [0.717, 1.165) is 32.2 Å². The van der Waals surface area contributed by atoms with Crippen LogP contribution in [0.25, 0.3) is 0 Å². The molecule has 1 saturated carbocycles. The zero-order chi connectivity index (χ0) is 10.0. The van der Waals surface area contributed by atoms with Gasteiger partial charge in [0, 0.05) is 12.1 Å². The van der Waals surface area contributed by atoms with Crippen molar-refractivity contribution in [3.05, 3.63) is 0 Å². The number of rotatable bonds is 4. The van der Waals surface area contributed by atoms with Gasteiger partial charge in [-0.25, -0.2) is 13.1 Å². The molecule has 82 valence electrons. The Morgan fingerprint density at radius 2 is 2.00 bits per heavy atom. The number of hydrogen-bond acceptors (Lipinski definition) is 3. The Labute approximate surface area is 85.5 Å². The van der Waals surface area contributed by atoms with Crippen LogP contribution in [0.5, 0.6) is 0 Å². The first-order valence-corrected chi connectivity index (χ1v) is 7.04. The maximum Gasteiger partial charge on any atom is 0.213 e. The van der Waals surface area contributed by atoms with E-state index in [9.17, 15) is 8.42 Å². The molecule has 2 N–H and O–H groups in total. The standard InChI is InChI=1S/C9H18N2O2S/c12-14(13,11-8-4-5-8)7-9-3-1-2-6-10-9/h8-11H,1-7H2. The second-order valence-corrected chi connectivity index (χ2v) is 6.12. The van der Waals surface area contributed by atoms with Gasteiger partial charge in [0.25, 0.3) is 0 Å². The van der Waals surface area contributed by atoms with Crippen molar-refractivity contribution in [3.8, 4) is 0 Å². The molecule has 0 aromatic heterocycles. The summed E-state index contributed by atoms with van der Waals surface area (Å²) < 4.78 is 25.9. The van der Waals surface area contributed by atoms with Gasteiger partial charge in [0.1, 0.15) is 0 Å². The molecule has 0 bridgehead atoms. The van der Waals surface area contributed by atoms with Crippen molar-refractivity contribution in [1.29, 1.82) is 0 Å². The maximum absolute atomic E-state index is 11.6. The highest BCUT2D eigenvalue weighted by Gasteiger charge is 2.28. The fourth-order valence-electron chi connectivity index (χ4n) is 1.83. The quantitative estimate of drug-likeness (QED) is 0.709. The summed E-state index contributed by atoms with van der Waals surface area (Å²) in [5.41, 5.74) is 0. The molecule has 0 aromatic carbocycles. The summed E-state index contributed by atoms with van der Waals surface area (Å²) in [4.78, 5) is 0. The Balaban J connectivity index is 1.81. The molecule has 1 aliphatic carbocycles. The van der Waals surface area contributed by atoms with Crippen LogP contribution in [-0.4, -0.2) is 32.8 Å². The number of hydrogen-bond donors (Lipinski definition) is 2. The van der Waals surface area contributed by atoms with Crippen LogP contribution >= 0.6 is 0 Å². The molecule has 1 saturated heterocycles. The van der Waals surface area contributed by atoms with Crippen molar-refractivity contribution in [1.82, 2.24) is 10.0 Å². The Hall–Kier alpha value is -0.130. The topological polar surface area (TPSA) is 58.2 Å². The molecule has 5 heteroatoms. The Morgan fingerprint density at radius 1 is 1.21 bits per heavy atom. The first-order chi connectivity index (χ1) is 6.66. The van der Waals surface area contributed by atoms with Crippen LogP contribution < -0.4 is 10.0 Å². The normalized spacial score (nSPS) is 29.0. The van der Waals surface area contributed by atoms with Crippen LogP contribution in [0, 0.1) is 0 Å². The Bertz CT molecular complexity index is 279. The molecule has 1 heterocycles. The molecule has 2 fully saturated rings. The molecule has 1 aliphatic heterocycles. The largest absolute Gasteiger partial charge is 0.313 e. The van der Waals surface area contributed by atoms with Crippen molar-refractivity contribution >= 4 is 10.0 Å². The average Bonchev–Trinajstić information content (AvgIpc) is 2.88. The SMILES string of the molecule is O=S(=O)(CC1CCCCN1)NC1CC1. The molecule has 1 atom stereocenters. The molecular formula is C9H18N2O2S. The van der Waals surface area contributed by atoms with E-state index in [4.69, 9.17) is 0 Å². The van der Waals surface area contributed by atoms with Crippen LogP contribution in [0.1, 0.15) is 32.1 Å². The molecule has 0 radical (unpaired) electrons. The minimum Gasteiger partial charge on any atom is -0.313 e. The van der Waals surface area contributed by atoms with Gasteiger partial charge in [-0.2, -0.15) is 0 Å². The lowest BCUT2D eigenvalue weighted by Crippen LogP contribution is -2.43. The average molecular weight is 218 g/mol. The van der Waals surface area contributed by atoms with Crippen LogP contribution in [0.4, 0.5) is 0 Å². The summed E-state index contributed by atoms with van der Waals surface area (Å²) in [5, 5.41) is 3.25. The summed E-state index contributed by atoms with van der Waals surface area (Å²) in [7, 11) is -3.03. The van der Waals surface area contributed by atoms with Gasteiger partial charge in [-0.05, 0) is 32.2 Å². The van der Waals surface area contributed by atoms with Gasteiger partial charge in [-0.1, -0.05) is 6.42 Å². The summed E-state index contributed by atoms with van der Waals surface area (Å²) >= 11 is 0. The molecule has 0 aromatic rings. The van der Waals surface area contributed by atoms with Crippen LogP contribution in [-0.2, 0) is 10.0 Å². The summed E-state index contributed by atoms with van der Waals surface area (Å²) in [6.45, 7) is 0.962. The number of piperidine rings is 1. The highest BCUT2D eigenvalue weighted by molar-refractivity contribution is 7.89. The van der Waals surface area contributed by atoms with Gasteiger partial charge < -0.3 is 5.32 Å². The first kappa shape index (κ1) is 10.4. The third-order valence-electron chi connectivity index (χ3n) is 2.76. The molecule has 0 amide bonds. The monoisotopic (exact) mass is 218 g/mol. The van der Waals surface area contributed by atoms with Gasteiger partial charge >= 0.3 is 0 Å². The van der Waals surface area contributed by atoms with Gasteiger partial charge in [0.05, 0.1) is 5.75 Å². The molecule has 14 heavy (non-hydrogen) atoms. The van der Waals surface area contributed by atoms with Crippen molar-refractivity contribution in [2.45, 2.75) is 44.2 Å². The predicted molar refractivity (Wildman–Crippen MR) is 55.6 cm³/mol. The van der Waals surface area contributed by atoms with E-state index in [0.29, 0.717) is 0 Å². The number of sulfonamides is 1. The third kappa shape index (κ3) is 3.22. The number of nitrogens with one attached hydrogen (secondary N) is 2.